The van der Waals surface area contributed by atoms with Gasteiger partial charge in [-0.25, -0.2) is 4.98 Å². The van der Waals surface area contributed by atoms with Crippen molar-refractivity contribution >= 4 is 11.2 Å². The number of pyridine rings is 1. The van der Waals surface area contributed by atoms with E-state index >= 15 is 0 Å². The summed E-state index contributed by atoms with van der Waals surface area (Å²) in [6.45, 7) is 0.105. The van der Waals surface area contributed by atoms with Crippen LogP contribution in [0.15, 0.2) is 24.5 Å². The topological polar surface area (TPSA) is 63.5 Å². The van der Waals surface area contributed by atoms with Crippen LogP contribution in [-0.2, 0) is 6.42 Å². The first kappa shape index (κ1) is 8.07. The molecule has 0 fully saturated rings. The molecule has 0 saturated carbocycles. The molecule has 0 aliphatic rings. The second-order valence-corrected chi connectivity index (χ2v) is 2.87. The van der Waals surface area contributed by atoms with E-state index in [2.05, 4.69) is 4.98 Å². The summed E-state index contributed by atoms with van der Waals surface area (Å²) in [5.74, 6) is 0.838. The van der Waals surface area contributed by atoms with Crippen molar-refractivity contribution in [2.75, 3.05) is 12.3 Å². The SMILES string of the molecule is Nc1cccn2c(CCO)ncc12. The molecule has 0 saturated heterocycles. The molecule has 13 heavy (non-hydrogen) atoms. The van der Waals surface area contributed by atoms with E-state index in [4.69, 9.17) is 10.8 Å². The maximum atomic E-state index is 8.78. The molecule has 4 nitrogen and oxygen atoms in total. The maximum Gasteiger partial charge on any atom is 0.115 e. The van der Waals surface area contributed by atoms with Gasteiger partial charge in [-0.1, -0.05) is 0 Å². The Bertz CT molecular complexity index is 422. The van der Waals surface area contributed by atoms with Gasteiger partial charge in [0.25, 0.3) is 0 Å². The number of nitrogens with zero attached hydrogens (tertiary/aromatic N) is 2. The van der Waals surface area contributed by atoms with Crippen LogP contribution in [0.25, 0.3) is 5.52 Å². The second-order valence-electron chi connectivity index (χ2n) is 2.87. The standard InChI is InChI=1S/C9H11N3O/c10-7-2-1-4-12-8(7)6-11-9(12)3-5-13/h1-2,4,6,13H,3,5,10H2. The molecule has 0 bridgehead atoms. The van der Waals surface area contributed by atoms with Gasteiger partial charge in [-0.05, 0) is 12.1 Å². The van der Waals surface area contributed by atoms with E-state index in [-0.39, 0.29) is 6.61 Å². The lowest BCUT2D eigenvalue weighted by molar-refractivity contribution is 0.296. The summed E-state index contributed by atoms with van der Waals surface area (Å²) < 4.78 is 1.89. The van der Waals surface area contributed by atoms with Crippen molar-refractivity contribution in [3.05, 3.63) is 30.4 Å². The minimum Gasteiger partial charge on any atom is -0.397 e. The van der Waals surface area contributed by atoms with Crippen molar-refractivity contribution in [1.82, 2.24) is 9.38 Å². The van der Waals surface area contributed by atoms with Crippen LogP contribution in [0.3, 0.4) is 0 Å². The lowest BCUT2D eigenvalue weighted by Crippen LogP contribution is -1.99. The van der Waals surface area contributed by atoms with E-state index in [1.807, 2.05) is 22.7 Å². The minimum atomic E-state index is 0.105. The zero-order valence-corrected chi connectivity index (χ0v) is 7.14. The second kappa shape index (κ2) is 3.06. The average molecular weight is 177 g/mol. The molecular formula is C9H11N3O. The Hall–Kier alpha value is -1.55. The van der Waals surface area contributed by atoms with E-state index in [9.17, 15) is 0 Å². The molecule has 0 aliphatic carbocycles. The summed E-state index contributed by atoms with van der Waals surface area (Å²) in [4.78, 5) is 4.17. The first-order valence-corrected chi connectivity index (χ1v) is 4.14. The van der Waals surface area contributed by atoms with Crippen LogP contribution in [-0.4, -0.2) is 21.1 Å². The fraction of sp³-hybridized carbons (Fsp3) is 0.222. The van der Waals surface area contributed by atoms with E-state index < -0.39 is 0 Å². The van der Waals surface area contributed by atoms with Crippen LogP contribution < -0.4 is 5.73 Å². The molecule has 0 spiro atoms. The molecule has 2 heterocycles. The summed E-state index contributed by atoms with van der Waals surface area (Å²) in [6.07, 6.45) is 4.17. The monoisotopic (exact) mass is 177 g/mol. The lowest BCUT2D eigenvalue weighted by Gasteiger charge is -2.00. The molecule has 2 aromatic heterocycles. The fourth-order valence-corrected chi connectivity index (χ4v) is 1.38. The number of imidazole rings is 1. The summed E-state index contributed by atoms with van der Waals surface area (Å²) in [5, 5.41) is 8.78. The Morgan fingerprint density at radius 3 is 3.15 bits per heavy atom. The third-order valence-corrected chi connectivity index (χ3v) is 2.02. The molecule has 0 aromatic carbocycles. The van der Waals surface area contributed by atoms with Gasteiger partial charge in [-0.2, -0.15) is 0 Å². The number of aromatic nitrogens is 2. The molecule has 2 rings (SSSR count). The zero-order chi connectivity index (χ0) is 9.26. The molecule has 0 amide bonds. The Morgan fingerprint density at radius 1 is 1.54 bits per heavy atom. The Kier molecular flexibility index (Phi) is 1.90. The van der Waals surface area contributed by atoms with Gasteiger partial charge in [0, 0.05) is 12.6 Å². The predicted octanol–water partition coefficient (Wildman–Crippen LogP) is 0.451. The number of hydrogen-bond donors (Lipinski definition) is 2. The molecule has 0 atom stereocenters. The third kappa shape index (κ3) is 1.25. The van der Waals surface area contributed by atoms with E-state index in [1.54, 1.807) is 6.20 Å². The largest absolute Gasteiger partial charge is 0.397 e. The van der Waals surface area contributed by atoms with Crippen LogP contribution in [0.1, 0.15) is 5.82 Å². The van der Waals surface area contributed by atoms with Gasteiger partial charge in [-0.3, -0.25) is 0 Å². The summed E-state index contributed by atoms with van der Waals surface area (Å²) in [5.41, 5.74) is 7.34. The molecule has 0 radical (unpaired) electrons. The molecule has 68 valence electrons. The normalized spacial score (nSPS) is 10.8. The third-order valence-electron chi connectivity index (χ3n) is 2.02. The highest BCUT2D eigenvalue weighted by Gasteiger charge is 2.03. The van der Waals surface area contributed by atoms with Crippen molar-refractivity contribution in [1.29, 1.82) is 0 Å². The van der Waals surface area contributed by atoms with Crippen molar-refractivity contribution < 1.29 is 5.11 Å². The van der Waals surface area contributed by atoms with Crippen LogP contribution in [0.5, 0.6) is 0 Å². The van der Waals surface area contributed by atoms with Crippen LogP contribution in [0, 0.1) is 0 Å². The van der Waals surface area contributed by atoms with Gasteiger partial charge < -0.3 is 15.2 Å². The first-order valence-electron chi connectivity index (χ1n) is 4.14. The molecule has 2 aromatic rings. The number of rotatable bonds is 2. The smallest absolute Gasteiger partial charge is 0.115 e. The van der Waals surface area contributed by atoms with Gasteiger partial charge >= 0.3 is 0 Å². The Balaban J connectivity index is 2.61. The van der Waals surface area contributed by atoms with Gasteiger partial charge in [0.2, 0.25) is 0 Å². The number of nitrogen functional groups attached to an aromatic ring is 1. The Labute approximate surface area is 75.6 Å². The molecular weight excluding hydrogens is 166 g/mol. The highest BCUT2D eigenvalue weighted by Crippen LogP contribution is 2.14. The van der Waals surface area contributed by atoms with Crippen LogP contribution in [0.4, 0.5) is 5.69 Å². The summed E-state index contributed by atoms with van der Waals surface area (Å²) in [7, 11) is 0. The Morgan fingerprint density at radius 2 is 2.38 bits per heavy atom. The van der Waals surface area contributed by atoms with Crippen molar-refractivity contribution in [3.63, 3.8) is 0 Å². The molecule has 0 unspecified atom stereocenters. The number of anilines is 1. The predicted molar refractivity (Wildman–Crippen MR) is 50.4 cm³/mol. The summed E-state index contributed by atoms with van der Waals surface area (Å²) in [6, 6.07) is 3.70. The van der Waals surface area contributed by atoms with Gasteiger partial charge in [-0.15, -0.1) is 0 Å². The van der Waals surface area contributed by atoms with Crippen molar-refractivity contribution in [3.8, 4) is 0 Å². The minimum absolute atomic E-state index is 0.105. The zero-order valence-electron chi connectivity index (χ0n) is 7.14. The quantitative estimate of drug-likeness (QED) is 0.700. The molecule has 0 aliphatic heterocycles. The number of aliphatic hydroxyl groups is 1. The maximum absolute atomic E-state index is 8.78. The van der Waals surface area contributed by atoms with E-state index in [1.165, 1.54) is 0 Å². The number of hydrogen-bond acceptors (Lipinski definition) is 3. The van der Waals surface area contributed by atoms with Gasteiger partial charge in [0.1, 0.15) is 5.82 Å². The first-order chi connectivity index (χ1) is 6.33. The number of aliphatic hydroxyl groups excluding tert-OH is 1. The lowest BCUT2D eigenvalue weighted by atomic mass is 10.3. The number of fused-ring (bicyclic) bond motifs is 1. The van der Waals surface area contributed by atoms with E-state index in [0.29, 0.717) is 12.1 Å². The van der Waals surface area contributed by atoms with Crippen LogP contribution in [0.2, 0.25) is 0 Å². The van der Waals surface area contributed by atoms with E-state index in [0.717, 1.165) is 11.3 Å². The number of nitrogens with two attached hydrogens (primary N) is 1. The molecule has 4 heteroatoms. The fourth-order valence-electron chi connectivity index (χ4n) is 1.38. The highest BCUT2D eigenvalue weighted by atomic mass is 16.3. The van der Waals surface area contributed by atoms with Crippen LogP contribution >= 0.6 is 0 Å². The highest BCUT2D eigenvalue weighted by molar-refractivity contribution is 5.68. The molecule has 3 N–H and O–H groups in total. The average Bonchev–Trinajstić information content (AvgIpc) is 2.51. The van der Waals surface area contributed by atoms with Crippen molar-refractivity contribution in [2.45, 2.75) is 6.42 Å². The van der Waals surface area contributed by atoms with Crippen molar-refractivity contribution in [2.24, 2.45) is 0 Å². The van der Waals surface area contributed by atoms with Gasteiger partial charge in [0.05, 0.1) is 24.0 Å². The summed E-state index contributed by atoms with van der Waals surface area (Å²) >= 11 is 0. The van der Waals surface area contributed by atoms with Gasteiger partial charge in [0.15, 0.2) is 0 Å².